The molecule has 0 saturated carbocycles. The van der Waals surface area contributed by atoms with Crippen LogP contribution in [0.15, 0.2) is 36.7 Å². The number of piperidine rings is 1. The molecule has 0 aliphatic carbocycles. The summed E-state index contributed by atoms with van der Waals surface area (Å²) in [6, 6.07) is 8.65. The van der Waals surface area contributed by atoms with Gasteiger partial charge in [0, 0.05) is 55.6 Å². The first-order valence-corrected chi connectivity index (χ1v) is 9.59. The van der Waals surface area contributed by atoms with Gasteiger partial charge in [-0.25, -0.2) is 9.97 Å². The molecule has 2 saturated heterocycles. The van der Waals surface area contributed by atoms with Gasteiger partial charge in [-0.05, 0) is 38.8 Å². The highest BCUT2D eigenvalue weighted by Gasteiger charge is 2.31. The van der Waals surface area contributed by atoms with Crippen molar-refractivity contribution in [3.8, 4) is 11.4 Å². The van der Waals surface area contributed by atoms with Crippen molar-refractivity contribution in [2.24, 2.45) is 0 Å². The van der Waals surface area contributed by atoms with Crippen molar-refractivity contribution in [3.63, 3.8) is 0 Å². The molecule has 1 aromatic heterocycles. The minimum atomic E-state index is 0.336. The molecule has 2 fully saturated rings. The van der Waals surface area contributed by atoms with Gasteiger partial charge < -0.3 is 4.90 Å². The molecule has 0 unspecified atom stereocenters. The number of carbonyl (C=O) groups is 1. The predicted octanol–water partition coefficient (Wildman–Crippen LogP) is 3.04. The van der Waals surface area contributed by atoms with Crippen LogP contribution in [0.1, 0.15) is 36.8 Å². The minimum absolute atomic E-state index is 0.336. The Morgan fingerprint density at radius 3 is 2.73 bits per heavy atom. The number of aromatic nitrogens is 2. The van der Waals surface area contributed by atoms with Crippen LogP contribution in [0.25, 0.3) is 11.4 Å². The largest absolute Gasteiger partial charge is 0.338 e. The second kappa shape index (κ2) is 7.54. The van der Waals surface area contributed by atoms with Gasteiger partial charge in [-0.2, -0.15) is 0 Å². The lowest BCUT2D eigenvalue weighted by atomic mass is 10.0. The molecule has 5 nitrogen and oxygen atoms in total. The van der Waals surface area contributed by atoms with Crippen LogP contribution in [0.5, 0.6) is 0 Å². The fraction of sp³-hybridized carbons (Fsp3) is 0.476. The van der Waals surface area contributed by atoms with Gasteiger partial charge in [-0.3, -0.25) is 9.69 Å². The number of carbonyl (C=O) groups excluding carboxylic acids is 1. The maximum atomic E-state index is 12.0. The van der Waals surface area contributed by atoms with E-state index in [-0.39, 0.29) is 0 Å². The van der Waals surface area contributed by atoms with E-state index < -0.39 is 0 Å². The second-order valence-corrected chi connectivity index (χ2v) is 7.51. The summed E-state index contributed by atoms with van der Waals surface area (Å²) in [6.07, 6.45) is 7.90. The van der Waals surface area contributed by atoms with E-state index in [0.717, 1.165) is 68.8 Å². The molecular formula is C21H26N4O. The highest BCUT2D eigenvalue weighted by Crippen LogP contribution is 2.23. The first-order valence-electron chi connectivity index (χ1n) is 9.59. The van der Waals surface area contributed by atoms with Gasteiger partial charge in [0.25, 0.3) is 0 Å². The number of aryl methyl sites for hydroxylation is 1. The SMILES string of the molecule is Cc1cccc(-c2ncc(CN3CCC[C@@H](N4CCCC4=O)C3)cn2)c1. The van der Waals surface area contributed by atoms with Crippen LogP contribution < -0.4 is 0 Å². The highest BCUT2D eigenvalue weighted by molar-refractivity contribution is 5.78. The van der Waals surface area contributed by atoms with Crippen molar-refractivity contribution in [1.82, 2.24) is 19.8 Å². The van der Waals surface area contributed by atoms with Gasteiger partial charge in [0.15, 0.2) is 5.82 Å². The fourth-order valence-electron chi connectivity index (χ4n) is 4.11. The number of rotatable bonds is 4. The molecule has 0 spiro atoms. The summed E-state index contributed by atoms with van der Waals surface area (Å²) in [6.45, 7) is 5.91. The van der Waals surface area contributed by atoms with Crippen LogP contribution in [0.2, 0.25) is 0 Å². The lowest BCUT2D eigenvalue weighted by Crippen LogP contribution is -2.48. The Bertz CT molecular complexity index is 774. The third-order valence-electron chi connectivity index (χ3n) is 5.42. The Morgan fingerprint density at radius 1 is 1.15 bits per heavy atom. The van der Waals surface area contributed by atoms with Gasteiger partial charge in [-0.15, -0.1) is 0 Å². The summed E-state index contributed by atoms with van der Waals surface area (Å²) in [4.78, 5) is 25.7. The number of hydrogen-bond acceptors (Lipinski definition) is 4. The molecule has 0 radical (unpaired) electrons. The van der Waals surface area contributed by atoms with Crippen molar-refractivity contribution in [2.45, 2.75) is 45.2 Å². The Hall–Kier alpha value is -2.27. The first kappa shape index (κ1) is 17.2. The van der Waals surface area contributed by atoms with Gasteiger partial charge in [0.2, 0.25) is 5.91 Å². The second-order valence-electron chi connectivity index (χ2n) is 7.51. The molecule has 26 heavy (non-hydrogen) atoms. The van der Waals surface area contributed by atoms with Crippen LogP contribution in [0.3, 0.4) is 0 Å². The average molecular weight is 350 g/mol. The summed E-state index contributed by atoms with van der Waals surface area (Å²) in [7, 11) is 0. The normalized spacial score (nSPS) is 21.3. The lowest BCUT2D eigenvalue weighted by Gasteiger charge is -2.37. The van der Waals surface area contributed by atoms with Gasteiger partial charge in [0.05, 0.1) is 0 Å². The summed E-state index contributed by atoms with van der Waals surface area (Å²) < 4.78 is 0. The van der Waals surface area contributed by atoms with E-state index in [4.69, 9.17) is 0 Å². The predicted molar refractivity (Wildman–Crippen MR) is 101 cm³/mol. The van der Waals surface area contributed by atoms with Crippen molar-refractivity contribution >= 4 is 5.91 Å². The van der Waals surface area contributed by atoms with E-state index in [0.29, 0.717) is 11.9 Å². The van der Waals surface area contributed by atoms with Crippen LogP contribution in [0, 0.1) is 6.92 Å². The molecule has 5 heteroatoms. The first-order chi connectivity index (χ1) is 12.7. The standard InChI is InChI=1S/C21H26N4O/c1-16-5-2-6-18(11-16)21-22-12-17(13-23-21)14-24-9-3-7-19(15-24)25-10-4-8-20(25)26/h2,5-6,11-13,19H,3-4,7-10,14-15H2,1H3/t19-/m1/s1. The minimum Gasteiger partial charge on any atom is -0.338 e. The van der Waals surface area contributed by atoms with E-state index in [1.807, 2.05) is 24.5 Å². The fourth-order valence-corrected chi connectivity index (χ4v) is 4.11. The number of hydrogen-bond donors (Lipinski definition) is 0. The molecule has 1 atom stereocenters. The summed E-state index contributed by atoms with van der Waals surface area (Å²) in [5.74, 6) is 1.11. The molecule has 1 aromatic carbocycles. The maximum Gasteiger partial charge on any atom is 0.222 e. The Balaban J connectivity index is 1.40. The van der Waals surface area contributed by atoms with Gasteiger partial charge >= 0.3 is 0 Å². The quantitative estimate of drug-likeness (QED) is 0.850. The summed E-state index contributed by atoms with van der Waals surface area (Å²) in [5, 5.41) is 0. The number of likely N-dealkylation sites (tertiary alicyclic amines) is 2. The van der Waals surface area contributed by atoms with Gasteiger partial charge in [0.1, 0.15) is 0 Å². The van der Waals surface area contributed by atoms with Crippen LogP contribution >= 0.6 is 0 Å². The Labute approximate surface area is 155 Å². The van der Waals surface area contributed by atoms with E-state index in [2.05, 4.69) is 38.8 Å². The Morgan fingerprint density at radius 2 is 2.00 bits per heavy atom. The van der Waals surface area contributed by atoms with E-state index in [1.165, 1.54) is 5.56 Å². The monoisotopic (exact) mass is 350 g/mol. The average Bonchev–Trinajstić information content (AvgIpc) is 3.09. The summed E-state index contributed by atoms with van der Waals surface area (Å²) in [5.41, 5.74) is 3.41. The molecule has 3 heterocycles. The third kappa shape index (κ3) is 3.78. The van der Waals surface area contributed by atoms with Gasteiger partial charge in [-0.1, -0.05) is 23.8 Å². The third-order valence-corrected chi connectivity index (χ3v) is 5.42. The van der Waals surface area contributed by atoms with Crippen molar-refractivity contribution in [3.05, 3.63) is 47.8 Å². The zero-order chi connectivity index (χ0) is 17.9. The molecule has 2 aromatic rings. The number of benzene rings is 1. The zero-order valence-electron chi connectivity index (χ0n) is 15.4. The molecular weight excluding hydrogens is 324 g/mol. The molecule has 2 aliphatic heterocycles. The van der Waals surface area contributed by atoms with Crippen LogP contribution in [0.4, 0.5) is 0 Å². The van der Waals surface area contributed by atoms with Crippen molar-refractivity contribution < 1.29 is 4.79 Å². The van der Waals surface area contributed by atoms with E-state index in [9.17, 15) is 4.79 Å². The van der Waals surface area contributed by atoms with Crippen LogP contribution in [-0.4, -0.2) is 51.4 Å². The number of nitrogens with zero attached hydrogens (tertiary/aromatic N) is 4. The zero-order valence-corrected chi connectivity index (χ0v) is 15.4. The smallest absolute Gasteiger partial charge is 0.222 e. The van der Waals surface area contributed by atoms with Crippen LogP contribution in [-0.2, 0) is 11.3 Å². The molecule has 4 rings (SSSR count). The van der Waals surface area contributed by atoms with E-state index >= 15 is 0 Å². The van der Waals surface area contributed by atoms with Crippen molar-refractivity contribution in [2.75, 3.05) is 19.6 Å². The lowest BCUT2D eigenvalue weighted by molar-refractivity contribution is -0.130. The maximum absolute atomic E-state index is 12.0. The summed E-state index contributed by atoms with van der Waals surface area (Å²) >= 11 is 0. The topological polar surface area (TPSA) is 49.3 Å². The van der Waals surface area contributed by atoms with E-state index in [1.54, 1.807) is 0 Å². The molecule has 2 aliphatic rings. The number of amides is 1. The van der Waals surface area contributed by atoms with Crippen molar-refractivity contribution in [1.29, 1.82) is 0 Å². The molecule has 0 bridgehead atoms. The molecule has 0 N–H and O–H groups in total. The highest BCUT2D eigenvalue weighted by atomic mass is 16.2. The molecule has 1 amide bonds. The molecule has 136 valence electrons. The Kier molecular flexibility index (Phi) is 4.98.